The Morgan fingerprint density at radius 2 is 1.69 bits per heavy atom. The third kappa shape index (κ3) is 4.96. The molecule has 1 N–H and O–H groups in total. The molecule has 2 aromatic rings. The summed E-state index contributed by atoms with van der Waals surface area (Å²) in [4.78, 5) is 32.1. The first-order chi connectivity index (χ1) is 14.0. The van der Waals surface area contributed by atoms with Gasteiger partial charge in [0.05, 0.1) is 14.2 Å². The normalized spacial score (nSPS) is 13.8. The zero-order valence-electron chi connectivity index (χ0n) is 17.0. The van der Waals surface area contributed by atoms with Crippen LogP contribution in [0.1, 0.15) is 22.8 Å². The van der Waals surface area contributed by atoms with Crippen molar-refractivity contribution in [3.05, 3.63) is 47.7 Å². The number of amides is 2. The minimum absolute atomic E-state index is 0.0441. The van der Waals surface area contributed by atoms with E-state index in [1.165, 1.54) is 0 Å². The smallest absolute Gasteiger partial charge is 0.254 e. The van der Waals surface area contributed by atoms with Gasteiger partial charge in [-0.25, -0.2) is 4.98 Å². The first-order valence-corrected chi connectivity index (χ1v) is 9.47. The van der Waals surface area contributed by atoms with Crippen LogP contribution in [0.2, 0.25) is 0 Å². The van der Waals surface area contributed by atoms with Crippen molar-refractivity contribution in [2.45, 2.75) is 13.5 Å². The molecule has 0 spiro atoms. The molecule has 2 amide bonds. The van der Waals surface area contributed by atoms with E-state index >= 15 is 0 Å². The van der Waals surface area contributed by atoms with E-state index in [0.29, 0.717) is 55.6 Å². The summed E-state index contributed by atoms with van der Waals surface area (Å²) in [6.07, 6.45) is 1.62. The van der Waals surface area contributed by atoms with E-state index in [-0.39, 0.29) is 11.8 Å². The van der Waals surface area contributed by atoms with Crippen LogP contribution in [-0.2, 0) is 11.3 Å². The largest absolute Gasteiger partial charge is 0.493 e. The van der Waals surface area contributed by atoms with E-state index < -0.39 is 0 Å². The van der Waals surface area contributed by atoms with Crippen molar-refractivity contribution in [3.8, 4) is 11.5 Å². The van der Waals surface area contributed by atoms with Crippen LogP contribution in [0.15, 0.2) is 36.5 Å². The maximum atomic E-state index is 12.8. The summed E-state index contributed by atoms with van der Waals surface area (Å²) in [5.41, 5.74) is 1.58. The zero-order valence-corrected chi connectivity index (χ0v) is 17.0. The first kappa shape index (κ1) is 20.4. The molecule has 1 aliphatic heterocycles. The summed E-state index contributed by atoms with van der Waals surface area (Å²) in [5, 5.41) is 3.24. The van der Waals surface area contributed by atoms with Crippen LogP contribution in [0.3, 0.4) is 0 Å². The number of carbonyl (C=O) groups excluding carboxylic acids is 2. The van der Waals surface area contributed by atoms with Crippen molar-refractivity contribution in [1.82, 2.24) is 14.8 Å². The minimum atomic E-state index is -0.0511. The summed E-state index contributed by atoms with van der Waals surface area (Å²) in [6.45, 7) is 4.29. The van der Waals surface area contributed by atoms with Crippen molar-refractivity contribution < 1.29 is 19.1 Å². The van der Waals surface area contributed by atoms with Gasteiger partial charge in [0, 0.05) is 51.4 Å². The predicted octanol–water partition coefficient (Wildman–Crippen LogP) is 2.02. The number of benzene rings is 1. The van der Waals surface area contributed by atoms with E-state index in [1.54, 1.807) is 49.3 Å². The van der Waals surface area contributed by atoms with Gasteiger partial charge in [0.1, 0.15) is 5.82 Å². The Bertz CT molecular complexity index is 879. The molecule has 1 aromatic heterocycles. The molecular weight excluding hydrogens is 372 g/mol. The van der Waals surface area contributed by atoms with Crippen LogP contribution in [0, 0.1) is 0 Å². The molecule has 0 unspecified atom stereocenters. The van der Waals surface area contributed by atoms with Crippen LogP contribution in [0.4, 0.5) is 5.82 Å². The topological polar surface area (TPSA) is 84.0 Å². The number of nitrogens with one attached hydrogen (secondary N) is 1. The number of methoxy groups -OCH3 is 2. The number of piperazine rings is 1. The Balaban J connectivity index is 1.62. The lowest BCUT2D eigenvalue weighted by molar-refractivity contribution is -0.130. The van der Waals surface area contributed by atoms with Gasteiger partial charge < -0.3 is 24.6 Å². The summed E-state index contributed by atoms with van der Waals surface area (Å²) in [7, 11) is 3.20. The van der Waals surface area contributed by atoms with Crippen LogP contribution in [0.25, 0.3) is 0 Å². The Hall–Kier alpha value is -3.29. The Kier molecular flexibility index (Phi) is 6.54. The molecule has 3 rings (SSSR count). The number of ether oxygens (including phenoxy) is 2. The number of rotatable bonds is 6. The molecule has 8 heteroatoms. The quantitative estimate of drug-likeness (QED) is 0.802. The molecule has 1 fully saturated rings. The Morgan fingerprint density at radius 1 is 1.00 bits per heavy atom. The van der Waals surface area contributed by atoms with Gasteiger partial charge in [-0.2, -0.15) is 0 Å². The molecular formula is C21H26N4O4. The number of anilines is 1. The molecule has 2 heterocycles. The van der Waals surface area contributed by atoms with Gasteiger partial charge in [-0.3, -0.25) is 9.59 Å². The zero-order chi connectivity index (χ0) is 20.8. The molecule has 154 valence electrons. The lowest BCUT2D eigenvalue weighted by Gasteiger charge is -2.34. The van der Waals surface area contributed by atoms with Gasteiger partial charge in [0.2, 0.25) is 5.91 Å². The van der Waals surface area contributed by atoms with E-state index in [9.17, 15) is 9.59 Å². The lowest BCUT2D eigenvalue weighted by atomic mass is 10.2. The van der Waals surface area contributed by atoms with E-state index in [4.69, 9.17) is 9.47 Å². The second kappa shape index (κ2) is 9.27. The first-order valence-electron chi connectivity index (χ1n) is 9.47. The number of aromatic nitrogens is 1. The molecule has 1 aromatic carbocycles. The molecule has 29 heavy (non-hydrogen) atoms. The van der Waals surface area contributed by atoms with Gasteiger partial charge >= 0.3 is 0 Å². The summed E-state index contributed by atoms with van der Waals surface area (Å²) < 4.78 is 10.6. The molecule has 8 nitrogen and oxygen atoms in total. The maximum Gasteiger partial charge on any atom is 0.254 e. The lowest BCUT2D eigenvalue weighted by Crippen LogP contribution is -2.50. The molecule has 0 aliphatic carbocycles. The van der Waals surface area contributed by atoms with Crippen molar-refractivity contribution in [1.29, 1.82) is 0 Å². The molecule has 0 saturated carbocycles. The fraction of sp³-hybridized carbons (Fsp3) is 0.381. The average molecular weight is 398 g/mol. The number of carbonyl (C=O) groups is 2. The van der Waals surface area contributed by atoms with Crippen LogP contribution in [-0.4, -0.2) is 67.0 Å². The second-order valence-electron chi connectivity index (χ2n) is 6.77. The highest BCUT2D eigenvalue weighted by Crippen LogP contribution is 2.27. The van der Waals surface area contributed by atoms with Crippen molar-refractivity contribution in [2.24, 2.45) is 0 Å². The molecule has 1 aliphatic rings. The van der Waals surface area contributed by atoms with Crippen molar-refractivity contribution in [2.75, 3.05) is 45.7 Å². The summed E-state index contributed by atoms with van der Waals surface area (Å²) >= 11 is 0. The highest BCUT2D eigenvalue weighted by atomic mass is 16.5. The third-order valence-electron chi connectivity index (χ3n) is 4.94. The van der Waals surface area contributed by atoms with Crippen LogP contribution in [0.5, 0.6) is 11.5 Å². The number of nitrogens with zero attached hydrogens (tertiary/aromatic N) is 3. The molecule has 0 atom stereocenters. The fourth-order valence-corrected chi connectivity index (χ4v) is 3.25. The van der Waals surface area contributed by atoms with Gasteiger partial charge in [-0.15, -0.1) is 0 Å². The maximum absolute atomic E-state index is 12.8. The Morgan fingerprint density at radius 3 is 2.34 bits per heavy atom. The molecule has 0 bridgehead atoms. The second-order valence-corrected chi connectivity index (χ2v) is 6.77. The van der Waals surface area contributed by atoms with Gasteiger partial charge in [0.25, 0.3) is 5.91 Å². The van der Waals surface area contributed by atoms with Crippen molar-refractivity contribution in [3.63, 3.8) is 0 Å². The van der Waals surface area contributed by atoms with Gasteiger partial charge in [0.15, 0.2) is 11.5 Å². The van der Waals surface area contributed by atoms with Crippen LogP contribution < -0.4 is 14.8 Å². The van der Waals surface area contributed by atoms with E-state index in [0.717, 1.165) is 5.56 Å². The van der Waals surface area contributed by atoms with Crippen LogP contribution >= 0.6 is 0 Å². The van der Waals surface area contributed by atoms with Crippen molar-refractivity contribution >= 4 is 17.6 Å². The highest BCUT2D eigenvalue weighted by molar-refractivity contribution is 5.95. The van der Waals surface area contributed by atoms with Gasteiger partial charge in [-0.1, -0.05) is 6.07 Å². The SMILES string of the molecule is COc1ccc(CNc2cc(C(=O)N3CCN(C(C)=O)CC3)ccn2)cc1OC. The predicted molar refractivity (Wildman–Crippen MR) is 109 cm³/mol. The number of hydrogen-bond acceptors (Lipinski definition) is 6. The van der Waals surface area contributed by atoms with E-state index in [1.807, 2.05) is 18.2 Å². The number of hydrogen-bond donors (Lipinski definition) is 1. The fourth-order valence-electron chi connectivity index (χ4n) is 3.25. The van der Waals surface area contributed by atoms with E-state index in [2.05, 4.69) is 10.3 Å². The average Bonchev–Trinajstić information content (AvgIpc) is 2.77. The minimum Gasteiger partial charge on any atom is -0.493 e. The highest BCUT2D eigenvalue weighted by Gasteiger charge is 2.23. The summed E-state index contributed by atoms with van der Waals surface area (Å²) in [5.74, 6) is 1.95. The Labute approximate surface area is 170 Å². The van der Waals surface area contributed by atoms with Gasteiger partial charge in [-0.05, 0) is 29.8 Å². The molecule has 1 saturated heterocycles. The monoisotopic (exact) mass is 398 g/mol. The summed E-state index contributed by atoms with van der Waals surface area (Å²) in [6, 6.07) is 9.15. The standard InChI is InChI=1S/C21H26N4O4/c1-15(26)24-8-10-25(11-9-24)21(27)17-6-7-22-20(13-17)23-14-16-4-5-18(28-2)19(12-16)29-3/h4-7,12-13H,8-11,14H2,1-3H3,(H,22,23). The number of pyridine rings is 1. The molecule has 0 radical (unpaired) electrons. The third-order valence-corrected chi connectivity index (χ3v) is 4.94.